The van der Waals surface area contributed by atoms with Crippen molar-refractivity contribution in [2.45, 2.75) is 13.8 Å². The van der Waals surface area contributed by atoms with Gasteiger partial charge in [0.2, 0.25) is 0 Å². The smallest absolute Gasteiger partial charge is 0.404 e. The fourth-order valence-corrected chi connectivity index (χ4v) is 4.81. The van der Waals surface area contributed by atoms with Crippen LogP contribution in [0.25, 0.3) is 0 Å². The first-order chi connectivity index (χ1) is 10.8. The van der Waals surface area contributed by atoms with Gasteiger partial charge in [-0.2, -0.15) is 4.31 Å². The van der Waals surface area contributed by atoms with Gasteiger partial charge in [-0.1, -0.05) is 24.3 Å². The summed E-state index contributed by atoms with van der Waals surface area (Å²) in [4.78, 5) is 9.73. The lowest BCUT2D eigenvalue weighted by atomic mass is 10.1. The van der Waals surface area contributed by atoms with Crippen LogP contribution < -0.4 is 13.6 Å². The van der Waals surface area contributed by atoms with E-state index in [0.717, 1.165) is 0 Å². The van der Waals surface area contributed by atoms with Crippen LogP contribution in [0, 0.1) is 13.8 Å². The predicted molar refractivity (Wildman–Crippen MR) is 82.8 cm³/mol. The monoisotopic (exact) mass is 356 g/mol. The molecular formula is C14H14O7P2. The van der Waals surface area contributed by atoms with Gasteiger partial charge in [0.1, 0.15) is 17.2 Å². The van der Waals surface area contributed by atoms with Gasteiger partial charge in [0.15, 0.2) is 0 Å². The number of fused-ring (bicyclic) bond motifs is 2. The Morgan fingerprint density at radius 3 is 2.17 bits per heavy atom. The number of hydrogen-bond donors (Lipinski definition) is 1. The summed E-state index contributed by atoms with van der Waals surface area (Å²) in [5, 5.41) is 0. The highest BCUT2D eigenvalue weighted by molar-refractivity contribution is 7.62. The van der Waals surface area contributed by atoms with Crippen LogP contribution in [0.15, 0.2) is 42.5 Å². The van der Waals surface area contributed by atoms with Crippen LogP contribution >= 0.6 is 15.6 Å². The Morgan fingerprint density at radius 2 is 1.52 bits per heavy atom. The Morgan fingerprint density at radius 1 is 0.957 bits per heavy atom. The molecule has 2 unspecified atom stereocenters. The molecule has 0 amide bonds. The number of phosphoric ester groups is 2. The molecule has 2 aromatic rings. The predicted octanol–water partition coefficient (Wildman–Crippen LogP) is 4.38. The second-order valence-electron chi connectivity index (χ2n) is 4.97. The van der Waals surface area contributed by atoms with Gasteiger partial charge in [0, 0.05) is 6.07 Å². The van der Waals surface area contributed by atoms with Gasteiger partial charge in [-0.3, -0.25) is 4.89 Å². The largest absolute Gasteiger partial charge is 0.597 e. The average molecular weight is 356 g/mol. The van der Waals surface area contributed by atoms with Crippen LogP contribution in [0.1, 0.15) is 11.1 Å². The average Bonchev–Trinajstić information content (AvgIpc) is 2.41. The van der Waals surface area contributed by atoms with Gasteiger partial charge in [0.25, 0.3) is 0 Å². The van der Waals surface area contributed by atoms with E-state index in [1.54, 1.807) is 32.0 Å². The third-order valence-electron chi connectivity index (χ3n) is 3.06. The molecule has 23 heavy (non-hydrogen) atoms. The van der Waals surface area contributed by atoms with Crippen molar-refractivity contribution in [3.05, 3.63) is 53.6 Å². The molecule has 0 saturated heterocycles. The molecular weight excluding hydrogens is 342 g/mol. The van der Waals surface area contributed by atoms with E-state index in [1.165, 1.54) is 24.3 Å². The Labute approximate surface area is 133 Å². The Kier molecular flexibility index (Phi) is 3.98. The normalized spacial score (nSPS) is 26.4. The van der Waals surface area contributed by atoms with E-state index in [-0.39, 0.29) is 17.2 Å². The minimum Gasteiger partial charge on any atom is -0.404 e. The fraction of sp³-hybridized carbons (Fsp3) is 0.143. The Hall–Kier alpha value is -1.78. The molecule has 1 heterocycles. The van der Waals surface area contributed by atoms with Crippen molar-refractivity contribution in [1.82, 2.24) is 0 Å². The quantitative estimate of drug-likeness (QED) is 0.799. The highest BCUT2D eigenvalue weighted by Crippen LogP contribution is 2.64. The number of hydrogen-bond acceptors (Lipinski definition) is 6. The van der Waals surface area contributed by atoms with Crippen molar-refractivity contribution < 1.29 is 31.9 Å². The first-order valence-electron chi connectivity index (χ1n) is 6.66. The lowest BCUT2D eigenvalue weighted by Gasteiger charge is -2.24. The molecule has 7 nitrogen and oxygen atoms in total. The van der Waals surface area contributed by atoms with E-state index in [1.807, 2.05) is 0 Å². The van der Waals surface area contributed by atoms with Crippen LogP contribution in [0.5, 0.6) is 17.2 Å². The summed E-state index contributed by atoms with van der Waals surface area (Å²) in [5.41, 5.74) is 1.36. The molecule has 1 aliphatic heterocycles. The first-order valence-corrected chi connectivity index (χ1v) is 9.61. The summed E-state index contributed by atoms with van der Waals surface area (Å²) in [7, 11) is -9.10. The molecule has 0 spiro atoms. The number of phosphoric acid groups is 2. The van der Waals surface area contributed by atoms with Crippen molar-refractivity contribution in [3.63, 3.8) is 0 Å². The van der Waals surface area contributed by atoms with Crippen molar-refractivity contribution in [3.8, 4) is 17.2 Å². The van der Waals surface area contributed by atoms with Gasteiger partial charge in [-0.05, 0) is 37.1 Å². The summed E-state index contributed by atoms with van der Waals surface area (Å²) in [6, 6.07) is 11.1. The third kappa shape index (κ3) is 3.59. The van der Waals surface area contributed by atoms with E-state index in [0.29, 0.717) is 11.1 Å². The highest BCUT2D eigenvalue weighted by Gasteiger charge is 2.44. The molecule has 1 aliphatic rings. The maximum absolute atomic E-state index is 12.8. The summed E-state index contributed by atoms with van der Waals surface area (Å²) in [6.07, 6.45) is 0. The molecule has 0 aliphatic carbocycles. The van der Waals surface area contributed by atoms with Crippen LogP contribution in [0.4, 0.5) is 0 Å². The molecule has 2 aromatic carbocycles. The molecule has 2 bridgehead atoms. The third-order valence-corrected chi connectivity index (χ3v) is 5.97. The molecule has 122 valence electrons. The lowest BCUT2D eigenvalue weighted by molar-refractivity contribution is 0.233. The second kappa shape index (κ2) is 5.69. The van der Waals surface area contributed by atoms with E-state index in [9.17, 15) is 14.0 Å². The van der Waals surface area contributed by atoms with Crippen molar-refractivity contribution in [2.24, 2.45) is 0 Å². The second-order valence-corrected chi connectivity index (χ2v) is 8.00. The SMILES string of the molecule is Cc1cccc(C)c1OP1(=O)Oc2cccc(c2)OP(=O)(O)O1. The summed E-state index contributed by atoms with van der Waals surface area (Å²) in [6.45, 7) is 3.49. The zero-order chi connectivity index (χ0) is 16.7. The van der Waals surface area contributed by atoms with Crippen LogP contribution in [-0.4, -0.2) is 4.89 Å². The molecule has 3 rings (SSSR count). The topological polar surface area (TPSA) is 91.3 Å². The van der Waals surface area contributed by atoms with Crippen LogP contribution in [0.3, 0.4) is 0 Å². The van der Waals surface area contributed by atoms with Gasteiger partial charge in [-0.15, -0.1) is 0 Å². The van der Waals surface area contributed by atoms with E-state index >= 15 is 0 Å². The van der Waals surface area contributed by atoms with Crippen molar-refractivity contribution in [2.75, 3.05) is 0 Å². The standard InChI is InChI=1S/C14H14O7P2/c1-10-5-3-6-11(2)14(10)20-23(17)19-13-8-4-7-12(9-13)18-22(15,16)21-23/h3-9H,1-2H3,(H,15,16). The van der Waals surface area contributed by atoms with Crippen molar-refractivity contribution >= 4 is 15.6 Å². The minimum absolute atomic E-state index is 0.0617. The lowest BCUT2D eigenvalue weighted by Crippen LogP contribution is -2.09. The van der Waals surface area contributed by atoms with Crippen molar-refractivity contribution in [1.29, 1.82) is 0 Å². The van der Waals surface area contributed by atoms with Crippen LogP contribution in [-0.2, 0) is 13.4 Å². The molecule has 0 radical (unpaired) electrons. The number of aryl methyl sites for hydroxylation is 2. The molecule has 0 saturated carbocycles. The maximum Gasteiger partial charge on any atom is 0.597 e. The Bertz CT molecular complexity index is 829. The number of para-hydroxylation sites is 1. The molecule has 0 fully saturated rings. The number of benzene rings is 2. The first kappa shape index (κ1) is 16.1. The van der Waals surface area contributed by atoms with E-state index in [4.69, 9.17) is 17.9 Å². The zero-order valence-electron chi connectivity index (χ0n) is 12.3. The molecule has 9 heteroatoms. The van der Waals surface area contributed by atoms with Gasteiger partial charge < -0.3 is 13.6 Å². The number of rotatable bonds is 2. The maximum atomic E-state index is 12.8. The fourth-order valence-electron chi connectivity index (χ4n) is 2.10. The van der Waals surface area contributed by atoms with E-state index in [2.05, 4.69) is 0 Å². The minimum atomic E-state index is -4.67. The highest BCUT2D eigenvalue weighted by atomic mass is 31.3. The molecule has 2 atom stereocenters. The van der Waals surface area contributed by atoms with E-state index < -0.39 is 15.6 Å². The summed E-state index contributed by atoms with van der Waals surface area (Å²) >= 11 is 0. The Balaban J connectivity index is 2.03. The summed E-state index contributed by atoms with van der Waals surface area (Å²) in [5.74, 6) is 0.455. The van der Waals surface area contributed by atoms with Gasteiger partial charge >= 0.3 is 15.6 Å². The summed E-state index contributed by atoms with van der Waals surface area (Å²) < 4.78 is 44.9. The molecule has 1 N–H and O–H groups in total. The zero-order valence-corrected chi connectivity index (χ0v) is 14.1. The van der Waals surface area contributed by atoms with Gasteiger partial charge in [0.05, 0.1) is 0 Å². The van der Waals surface area contributed by atoms with Gasteiger partial charge in [-0.25, -0.2) is 9.13 Å². The molecule has 0 aromatic heterocycles. The van der Waals surface area contributed by atoms with Crippen LogP contribution in [0.2, 0.25) is 0 Å².